The zero-order chi connectivity index (χ0) is 42.2. The predicted molar refractivity (Wildman–Crippen MR) is 232 cm³/mol. The topological polar surface area (TPSA) is 113 Å². The lowest BCUT2D eigenvalue weighted by molar-refractivity contribution is -0.0237. The van der Waals surface area contributed by atoms with Gasteiger partial charge in [-0.3, -0.25) is 4.90 Å². The number of piperazine rings is 1. The van der Waals surface area contributed by atoms with Crippen LogP contribution in [0.15, 0.2) is 79.4 Å². The Morgan fingerprint density at radius 3 is 2.25 bits per heavy atom. The summed E-state index contributed by atoms with van der Waals surface area (Å²) in [7, 11) is 0.268. The third kappa shape index (κ3) is 7.05. The molecule has 11 nitrogen and oxygen atoms in total. The molecular formula is C48H57N3O8Si. The number of aryl methyl sites for hydroxylation is 1. The number of rotatable bonds is 15. The smallest absolute Gasteiger partial charge is 0.261 e. The van der Waals surface area contributed by atoms with Gasteiger partial charge in [-0.2, -0.15) is 5.26 Å². The van der Waals surface area contributed by atoms with E-state index in [0.29, 0.717) is 55.7 Å². The van der Waals surface area contributed by atoms with Gasteiger partial charge in [0.1, 0.15) is 18.4 Å². The molecule has 0 radical (unpaired) electrons. The van der Waals surface area contributed by atoms with E-state index in [1.54, 1.807) is 20.3 Å². The van der Waals surface area contributed by atoms with Crippen LogP contribution in [-0.2, 0) is 26.7 Å². The first-order chi connectivity index (χ1) is 29.1. The quantitative estimate of drug-likeness (QED) is 0.0605. The van der Waals surface area contributed by atoms with Crippen LogP contribution in [0.4, 0.5) is 0 Å². The molecule has 1 N–H and O–H groups in total. The molecule has 316 valence electrons. The van der Waals surface area contributed by atoms with Crippen molar-refractivity contribution < 1.29 is 37.6 Å². The molecule has 5 atom stereocenters. The number of methoxy groups -OCH3 is 2. The Bertz CT molecular complexity index is 2200. The van der Waals surface area contributed by atoms with Crippen molar-refractivity contribution in [1.82, 2.24) is 10.2 Å². The normalized spacial score (nSPS) is 21.6. The maximum absolute atomic E-state index is 11.3. The summed E-state index contributed by atoms with van der Waals surface area (Å²) in [6.45, 7) is 16.5. The molecule has 1 fully saturated rings. The second-order valence-corrected chi connectivity index (χ2v) is 21.3. The average molecular weight is 832 g/mol. The van der Waals surface area contributed by atoms with Gasteiger partial charge in [-0.1, -0.05) is 100 Å². The fourth-order valence-electron chi connectivity index (χ4n) is 10.3. The number of hydrogen-bond acceptors (Lipinski definition) is 11. The lowest BCUT2D eigenvalue weighted by atomic mass is 9.72. The highest BCUT2D eigenvalue weighted by molar-refractivity contribution is 6.99. The van der Waals surface area contributed by atoms with Gasteiger partial charge in [0.25, 0.3) is 8.32 Å². The Kier molecular flexibility index (Phi) is 12.0. The number of nitrogens with one attached hydrogen (secondary N) is 1. The number of fused-ring (bicyclic) bond motifs is 9. The average Bonchev–Trinajstić information content (AvgIpc) is 3.74. The molecule has 1 unspecified atom stereocenters. The Morgan fingerprint density at radius 1 is 0.917 bits per heavy atom. The first-order valence-corrected chi connectivity index (χ1v) is 22.8. The predicted octanol–water partition coefficient (Wildman–Crippen LogP) is 6.61. The number of nitrogens with zero attached hydrogens (tertiary/aromatic N) is 2. The Morgan fingerprint density at radius 2 is 1.62 bits per heavy atom. The summed E-state index contributed by atoms with van der Waals surface area (Å²) < 4.78 is 50.7. The number of nitriles is 1. The van der Waals surface area contributed by atoms with Crippen LogP contribution in [0, 0.1) is 25.2 Å². The minimum absolute atomic E-state index is 0.0287. The first kappa shape index (κ1) is 41.8. The number of hydrogen-bond donors (Lipinski definition) is 1. The molecule has 0 aliphatic carbocycles. The van der Waals surface area contributed by atoms with Crippen molar-refractivity contribution in [3.8, 4) is 34.8 Å². The van der Waals surface area contributed by atoms with Gasteiger partial charge in [0.05, 0.1) is 45.1 Å². The molecule has 0 amide bonds. The number of ether oxygens (including phenoxy) is 7. The molecular weight excluding hydrogens is 775 g/mol. The summed E-state index contributed by atoms with van der Waals surface area (Å²) in [6.07, 6.45) is 2.93. The fraction of sp³-hybridized carbons (Fsp3) is 0.438. The molecule has 4 aliphatic rings. The zero-order valence-corrected chi connectivity index (χ0v) is 36.8. The van der Waals surface area contributed by atoms with Gasteiger partial charge in [-0.15, -0.1) is 0 Å². The maximum atomic E-state index is 11.3. The van der Waals surface area contributed by atoms with E-state index in [4.69, 9.17) is 37.6 Å². The van der Waals surface area contributed by atoms with E-state index in [-0.39, 0.29) is 43.4 Å². The van der Waals surface area contributed by atoms with Crippen LogP contribution in [0.25, 0.3) is 0 Å². The first-order valence-electron chi connectivity index (χ1n) is 20.9. The summed E-state index contributed by atoms with van der Waals surface area (Å²) in [6, 6.07) is 24.7. The van der Waals surface area contributed by atoms with Gasteiger partial charge in [0.2, 0.25) is 6.79 Å². The molecule has 60 heavy (non-hydrogen) atoms. The van der Waals surface area contributed by atoms with E-state index in [9.17, 15) is 5.26 Å². The van der Waals surface area contributed by atoms with Gasteiger partial charge in [0.15, 0.2) is 29.8 Å². The van der Waals surface area contributed by atoms with Gasteiger partial charge in [0, 0.05) is 41.4 Å². The van der Waals surface area contributed by atoms with Crippen molar-refractivity contribution in [3.63, 3.8) is 0 Å². The maximum Gasteiger partial charge on any atom is 0.261 e. The van der Waals surface area contributed by atoms with Crippen LogP contribution >= 0.6 is 0 Å². The Hall–Kier alpha value is -4.87. The molecule has 4 aromatic rings. The Labute approximate surface area is 355 Å². The summed E-state index contributed by atoms with van der Waals surface area (Å²) in [5.74, 6) is 3.42. The molecule has 0 saturated carbocycles. The molecule has 8 rings (SSSR count). The minimum Gasteiger partial charge on any atom is -0.493 e. The van der Waals surface area contributed by atoms with Crippen molar-refractivity contribution in [2.75, 3.05) is 54.2 Å². The molecule has 0 aromatic heterocycles. The summed E-state index contributed by atoms with van der Waals surface area (Å²) in [4.78, 5) is 2.41. The fourth-order valence-corrected chi connectivity index (χ4v) is 14.9. The van der Waals surface area contributed by atoms with Crippen LogP contribution in [0.5, 0.6) is 28.7 Å². The standard InChI is InChI=1S/C48H57N3O8Si/c1-9-20-55-44-31(3)45-47(58-29-57-45)41-35(44)25-37-42-40-32(23-30(2)43(53-8)46(40)56-28-54-22-21-52-7)24-36(50-42)38(26-49)51(37)39(41)27-59-60(48(4,5)6,33-16-12-10-13-17-33)34-18-14-11-15-19-34/h9-19,23,36-39,42,50H,1,20-22,24-25,27-29H2,2-8H3/t36-,37?,38+,39+,42-/m1/s1. The van der Waals surface area contributed by atoms with Gasteiger partial charge in [-0.25, -0.2) is 0 Å². The lowest BCUT2D eigenvalue weighted by Gasteiger charge is -2.57. The van der Waals surface area contributed by atoms with Crippen molar-refractivity contribution in [3.05, 3.63) is 113 Å². The summed E-state index contributed by atoms with van der Waals surface area (Å²) >= 11 is 0. The molecule has 2 bridgehead atoms. The molecule has 4 aliphatic heterocycles. The van der Waals surface area contributed by atoms with E-state index in [1.807, 2.05) is 13.8 Å². The Balaban J connectivity index is 1.33. The van der Waals surface area contributed by atoms with Crippen molar-refractivity contribution >= 4 is 18.7 Å². The largest absolute Gasteiger partial charge is 0.493 e. The molecule has 4 aromatic carbocycles. The van der Waals surface area contributed by atoms with E-state index in [2.05, 4.69) is 110 Å². The van der Waals surface area contributed by atoms with Crippen LogP contribution in [0.1, 0.15) is 66.2 Å². The molecule has 0 spiro atoms. The second kappa shape index (κ2) is 17.2. The third-order valence-corrected chi connectivity index (χ3v) is 17.7. The second-order valence-electron chi connectivity index (χ2n) is 17.0. The number of benzene rings is 4. The van der Waals surface area contributed by atoms with Crippen LogP contribution in [0.2, 0.25) is 5.04 Å². The van der Waals surface area contributed by atoms with Crippen LogP contribution in [-0.4, -0.2) is 85.6 Å². The van der Waals surface area contributed by atoms with Crippen molar-refractivity contribution in [2.45, 2.75) is 82.7 Å². The molecule has 4 heterocycles. The summed E-state index contributed by atoms with van der Waals surface area (Å²) in [5, 5.41) is 17.4. The monoisotopic (exact) mass is 831 g/mol. The van der Waals surface area contributed by atoms with E-state index in [1.165, 1.54) is 10.4 Å². The van der Waals surface area contributed by atoms with Crippen LogP contribution < -0.4 is 39.4 Å². The third-order valence-electron chi connectivity index (χ3n) is 12.7. The minimum atomic E-state index is -3.05. The molecule has 12 heteroatoms. The SMILES string of the molecule is C=CCOc1c(C)c2c(c3c1CC1[C@H]4N[C@H](Cc5cc(C)c(OC)c(OCOCCOC)c54)[C@H](C#N)N1[C@H]3CO[Si](c1ccccc1)(c1ccccc1)C(C)(C)C)OCO2. The van der Waals surface area contributed by atoms with Crippen LogP contribution in [0.3, 0.4) is 0 Å². The highest BCUT2D eigenvalue weighted by atomic mass is 28.4. The van der Waals surface area contributed by atoms with E-state index < -0.39 is 20.4 Å². The zero-order valence-electron chi connectivity index (χ0n) is 35.8. The van der Waals surface area contributed by atoms with Gasteiger partial charge < -0.3 is 42.9 Å². The lowest BCUT2D eigenvalue weighted by Crippen LogP contribution is -2.70. The van der Waals surface area contributed by atoms with Gasteiger partial charge >= 0.3 is 0 Å². The molecule has 1 saturated heterocycles. The highest BCUT2D eigenvalue weighted by Gasteiger charge is 2.57. The van der Waals surface area contributed by atoms with Crippen molar-refractivity contribution in [2.24, 2.45) is 0 Å². The van der Waals surface area contributed by atoms with E-state index >= 15 is 0 Å². The van der Waals surface area contributed by atoms with Gasteiger partial charge in [-0.05, 0) is 53.2 Å². The van der Waals surface area contributed by atoms with E-state index in [0.717, 1.165) is 39.1 Å². The highest BCUT2D eigenvalue weighted by Crippen LogP contribution is 2.57. The van der Waals surface area contributed by atoms with Crippen molar-refractivity contribution in [1.29, 1.82) is 5.26 Å². The summed E-state index contributed by atoms with van der Waals surface area (Å²) in [5.41, 5.74) is 5.94.